The molecule has 0 unspecified atom stereocenters. The predicted molar refractivity (Wildman–Crippen MR) is 93.7 cm³/mol. The summed E-state index contributed by atoms with van der Waals surface area (Å²) >= 11 is 0. The third-order valence-corrected chi connectivity index (χ3v) is 2.97. The van der Waals surface area contributed by atoms with Crippen molar-refractivity contribution >= 4 is 5.97 Å². The van der Waals surface area contributed by atoms with Crippen LogP contribution in [-0.2, 0) is 20.9 Å². The van der Waals surface area contributed by atoms with Crippen LogP contribution in [0.4, 0.5) is 0 Å². The largest absolute Gasteiger partial charge is 0.489 e. The normalized spacial score (nSPS) is 12.2. The summed E-state index contributed by atoms with van der Waals surface area (Å²) in [6.07, 6.45) is 3.58. The van der Waals surface area contributed by atoms with Gasteiger partial charge in [-0.2, -0.15) is 0 Å². The number of carbonyl (C=O) groups is 1. The Kier molecular flexibility index (Phi) is 7.89. The Labute approximate surface area is 139 Å². The summed E-state index contributed by atoms with van der Waals surface area (Å²) in [5.41, 5.74) is 2.32. The fraction of sp³-hybridized carbons (Fsp3) is 0.350. The van der Waals surface area contributed by atoms with Crippen LogP contribution in [0.3, 0.4) is 0 Å². The van der Waals surface area contributed by atoms with E-state index < -0.39 is 0 Å². The minimum atomic E-state index is -0.344. The minimum absolute atomic E-state index is 0.228. The lowest BCUT2D eigenvalue weighted by atomic mass is 10.1. The molecule has 0 heterocycles. The molecule has 0 radical (unpaired) electrons. The molecular formula is C20H26O3. The first-order valence-electron chi connectivity index (χ1n) is 7.87. The zero-order valence-electron chi connectivity index (χ0n) is 14.5. The molecule has 0 saturated carbocycles. The van der Waals surface area contributed by atoms with E-state index in [-0.39, 0.29) is 11.9 Å². The molecular weight excluding hydrogens is 288 g/mol. The van der Waals surface area contributed by atoms with Gasteiger partial charge in [-0.15, -0.1) is 0 Å². The molecule has 0 aliphatic heterocycles. The van der Waals surface area contributed by atoms with Crippen LogP contribution in [0, 0.1) is 5.92 Å². The minimum Gasteiger partial charge on any atom is -0.489 e. The van der Waals surface area contributed by atoms with Crippen molar-refractivity contribution in [3.63, 3.8) is 0 Å². The van der Waals surface area contributed by atoms with Crippen molar-refractivity contribution in [3.8, 4) is 0 Å². The summed E-state index contributed by atoms with van der Waals surface area (Å²) in [5.74, 6) is 0.475. The van der Waals surface area contributed by atoms with Crippen LogP contribution in [0.2, 0.25) is 0 Å². The molecule has 1 rings (SSSR count). The van der Waals surface area contributed by atoms with E-state index in [2.05, 4.69) is 6.58 Å². The topological polar surface area (TPSA) is 35.5 Å². The Morgan fingerprint density at radius 3 is 2.39 bits per heavy atom. The molecule has 0 aliphatic carbocycles. The molecule has 3 heteroatoms. The van der Waals surface area contributed by atoms with E-state index >= 15 is 0 Å². The van der Waals surface area contributed by atoms with Crippen LogP contribution < -0.4 is 0 Å². The van der Waals surface area contributed by atoms with Gasteiger partial charge >= 0.3 is 5.97 Å². The molecule has 3 nitrogen and oxygen atoms in total. The highest BCUT2D eigenvalue weighted by Crippen LogP contribution is 2.17. The van der Waals surface area contributed by atoms with Gasteiger partial charge in [0.1, 0.15) is 12.4 Å². The lowest BCUT2D eigenvalue weighted by Crippen LogP contribution is -2.08. The maximum absolute atomic E-state index is 12.1. The standard InChI is InChI=1S/C20H26O3/c1-6-22-20(21)18(12-15(2)3)13-19(16(4)5)23-14-17-10-8-7-9-11-17/h7-13,15H,4,6,14H2,1-3,5H3/b18-12+,19-13+. The van der Waals surface area contributed by atoms with Crippen molar-refractivity contribution in [1.82, 2.24) is 0 Å². The maximum atomic E-state index is 12.1. The van der Waals surface area contributed by atoms with Gasteiger partial charge in [-0.3, -0.25) is 0 Å². The van der Waals surface area contributed by atoms with Crippen molar-refractivity contribution in [2.75, 3.05) is 6.61 Å². The third kappa shape index (κ3) is 7.00. The average molecular weight is 314 g/mol. The SMILES string of the molecule is C=C(C)/C(=C\C(=C/C(C)C)C(=O)OCC)OCc1ccccc1. The van der Waals surface area contributed by atoms with Crippen molar-refractivity contribution < 1.29 is 14.3 Å². The van der Waals surface area contributed by atoms with E-state index in [4.69, 9.17) is 9.47 Å². The highest BCUT2D eigenvalue weighted by Gasteiger charge is 2.12. The Morgan fingerprint density at radius 1 is 1.22 bits per heavy atom. The van der Waals surface area contributed by atoms with Crippen molar-refractivity contribution in [3.05, 3.63) is 71.5 Å². The van der Waals surface area contributed by atoms with Gasteiger partial charge in [-0.05, 0) is 37.0 Å². The van der Waals surface area contributed by atoms with Gasteiger partial charge in [0, 0.05) is 0 Å². The Hall–Kier alpha value is -2.29. The summed E-state index contributed by atoms with van der Waals surface area (Å²) in [6.45, 7) is 12.4. The monoisotopic (exact) mass is 314 g/mol. The molecule has 0 aromatic heterocycles. The van der Waals surface area contributed by atoms with Crippen LogP contribution in [-0.4, -0.2) is 12.6 Å². The highest BCUT2D eigenvalue weighted by molar-refractivity contribution is 5.91. The average Bonchev–Trinajstić information content (AvgIpc) is 2.50. The molecule has 0 bridgehead atoms. The fourth-order valence-corrected chi connectivity index (χ4v) is 1.91. The van der Waals surface area contributed by atoms with Crippen LogP contribution >= 0.6 is 0 Å². The van der Waals surface area contributed by atoms with E-state index in [1.807, 2.05) is 57.2 Å². The van der Waals surface area contributed by atoms with Crippen molar-refractivity contribution in [1.29, 1.82) is 0 Å². The Morgan fingerprint density at radius 2 is 1.87 bits per heavy atom. The molecule has 0 N–H and O–H groups in total. The van der Waals surface area contributed by atoms with Gasteiger partial charge in [-0.1, -0.05) is 56.8 Å². The zero-order valence-corrected chi connectivity index (χ0v) is 14.5. The number of rotatable bonds is 8. The van der Waals surface area contributed by atoms with E-state index in [0.717, 1.165) is 11.1 Å². The molecule has 0 aliphatic rings. The van der Waals surface area contributed by atoms with Gasteiger partial charge in [0.15, 0.2) is 0 Å². The van der Waals surface area contributed by atoms with Gasteiger partial charge in [-0.25, -0.2) is 4.79 Å². The number of carbonyl (C=O) groups excluding carboxylic acids is 1. The number of hydrogen-bond donors (Lipinski definition) is 0. The third-order valence-electron chi connectivity index (χ3n) is 2.97. The summed E-state index contributed by atoms with van der Waals surface area (Å²) in [5, 5.41) is 0. The van der Waals surface area contributed by atoms with Crippen molar-refractivity contribution in [2.24, 2.45) is 5.92 Å². The molecule has 0 amide bonds. The number of hydrogen-bond acceptors (Lipinski definition) is 3. The van der Waals surface area contributed by atoms with Crippen molar-refractivity contribution in [2.45, 2.75) is 34.3 Å². The molecule has 0 saturated heterocycles. The zero-order chi connectivity index (χ0) is 17.2. The lowest BCUT2D eigenvalue weighted by molar-refractivity contribution is -0.138. The number of ether oxygens (including phenoxy) is 2. The number of benzene rings is 1. The Bertz CT molecular complexity index is 580. The van der Waals surface area contributed by atoms with Crippen LogP contribution in [0.15, 0.2) is 66.0 Å². The van der Waals surface area contributed by atoms with Crippen LogP contribution in [0.25, 0.3) is 0 Å². The van der Waals surface area contributed by atoms with E-state index in [1.165, 1.54) is 0 Å². The van der Waals surface area contributed by atoms with E-state index in [1.54, 1.807) is 13.0 Å². The second kappa shape index (κ2) is 9.67. The summed E-state index contributed by atoms with van der Waals surface area (Å²) in [7, 11) is 0. The van der Waals surface area contributed by atoms with Crippen LogP contribution in [0.1, 0.15) is 33.3 Å². The number of allylic oxidation sites excluding steroid dienone is 2. The van der Waals surface area contributed by atoms with E-state index in [0.29, 0.717) is 24.5 Å². The first-order valence-corrected chi connectivity index (χ1v) is 7.87. The fourth-order valence-electron chi connectivity index (χ4n) is 1.91. The Balaban J connectivity index is 2.97. The summed E-state index contributed by atoms with van der Waals surface area (Å²) in [4.78, 5) is 12.1. The molecule has 1 aromatic carbocycles. The molecule has 0 spiro atoms. The quantitative estimate of drug-likeness (QED) is 0.299. The summed E-state index contributed by atoms with van der Waals surface area (Å²) in [6, 6.07) is 9.87. The first kappa shape index (κ1) is 18.8. The lowest BCUT2D eigenvalue weighted by Gasteiger charge is -2.12. The van der Waals surface area contributed by atoms with Gasteiger partial charge in [0.05, 0.1) is 12.2 Å². The second-order valence-corrected chi connectivity index (χ2v) is 5.65. The van der Waals surface area contributed by atoms with Gasteiger partial charge in [0.25, 0.3) is 0 Å². The molecule has 124 valence electrons. The van der Waals surface area contributed by atoms with Crippen LogP contribution in [0.5, 0.6) is 0 Å². The molecule has 0 fully saturated rings. The first-order chi connectivity index (χ1) is 10.9. The molecule has 1 aromatic rings. The van der Waals surface area contributed by atoms with Gasteiger partial charge < -0.3 is 9.47 Å². The van der Waals surface area contributed by atoms with Gasteiger partial charge in [0.2, 0.25) is 0 Å². The molecule has 23 heavy (non-hydrogen) atoms. The predicted octanol–water partition coefficient (Wildman–Crippen LogP) is 4.81. The highest BCUT2D eigenvalue weighted by atomic mass is 16.5. The summed E-state index contributed by atoms with van der Waals surface area (Å²) < 4.78 is 11.0. The smallest absolute Gasteiger partial charge is 0.337 e. The maximum Gasteiger partial charge on any atom is 0.337 e. The molecule has 0 atom stereocenters. The van der Waals surface area contributed by atoms with E-state index in [9.17, 15) is 4.79 Å². The second-order valence-electron chi connectivity index (χ2n) is 5.65. The number of esters is 1.